The molecule has 190 valence electrons. The fourth-order valence-corrected chi connectivity index (χ4v) is 3.37. The maximum Gasteiger partial charge on any atom is 0.141 e. The van der Waals surface area contributed by atoms with Crippen LogP contribution in [-0.4, -0.2) is 31.2 Å². The van der Waals surface area contributed by atoms with E-state index in [2.05, 4.69) is 49.9 Å². The van der Waals surface area contributed by atoms with Crippen molar-refractivity contribution in [3.8, 4) is 22.8 Å². The third-order valence-electron chi connectivity index (χ3n) is 3.92. The molecule has 1 N–H and O–H groups in total. The Hall–Kier alpha value is -2.24. The van der Waals surface area contributed by atoms with Gasteiger partial charge in [-0.05, 0) is 25.0 Å². The molecule has 0 fully saturated rings. The Morgan fingerprint density at radius 2 is 1.41 bits per heavy atom. The van der Waals surface area contributed by atoms with Gasteiger partial charge in [-0.2, -0.15) is 0 Å². The van der Waals surface area contributed by atoms with Gasteiger partial charge in [-0.25, -0.2) is 4.98 Å². The summed E-state index contributed by atoms with van der Waals surface area (Å²) in [5.41, 5.74) is 2.07. The molecular formula is C27H41Cl2N3O2. The smallest absolute Gasteiger partial charge is 0.141 e. The Balaban J connectivity index is 0.00000105. The Kier molecular flexibility index (Phi) is 15.3. The summed E-state index contributed by atoms with van der Waals surface area (Å²) in [6, 6.07) is 5.53. The van der Waals surface area contributed by atoms with Crippen LogP contribution in [0.1, 0.15) is 60.6 Å². The van der Waals surface area contributed by atoms with Crippen LogP contribution in [0.4, 0.5) is 5.82 Å². The summed E-state index contributed by atoms with van der Waals surface area (Å²) in [6.07, 6.45) is 3.05. The highest BCUT2D eigenvalue weighted by Gasteiger charge is 2.21. The number of fused-ring (bicyclic) bond motifs is 1. The number of methoxy groups -OCH3 is 2. The fourth-order valence-electron chi connectivity index (χ4n) is 2.68. The molecule has 0 spiro atoms. The molecule has 0 atom stereocenters. The maximum atomic E-state index is 6.51. The molecule has 0 radical (unpaired) electrons. The predicted molar refractivity (Wildman–Crippen MR) is 150 cm³/mol. The van der Waals surface area contributed by atoms with Crippen molar-refractivity contribution < 1.29 is 9.47 Å². The standard InChI is InChI=1S/C18H17Cl2N3O2.C4H10.C3H8.C2H6/c1-9-5-11-10(8-22-9)6-12(23-18(11)21-2)15-16(19)13(24-3)7-14(25-4)17(15)20;1-4(2)3;1-3-2;1-2/h5-8H,1-4H3,(H,21,23);4H,1-3H3;3H2,1-2H3;1-2H3. The van der Waals surface area contributed by atoms with Crippen molar-refractivity contribution >= 4 is 39.8 Å². The van der Waals surface area contributed by atoms with Crippen LogP contribution in [0, 0.1) is 12.8 Å². The molecule has 2 heterocycles. The number of hydrogen-bond acceptors (Lipinski definition) is 5. The number of hydrogen-bond donors (Lipinski definition) is 1. The molecule has 5 nitrogen and oxygen atoms in total. The number of aryl methyl sites for hydroxylation is 1. The van der Waals surface area contributed by atoms with Crippen LogP contribution in [0.2, 0.25) is 10.0 Å². The number of anilines is 1. The second kappa shape index (κ2) is 16.4. The summed E-state index contributed by atoms with van der Waals surface area (Å²) < 4.78 is 10.7. The molecule has 3 aromatic rings. The zero-order valence-corrected chi connectivity index (χ0v) is 24.1. The van der Waals surface area contributed by atoms with Crippen molar-refractivity contribution in [1.29, 1.82) is 0 Å². The summed E-state index contributed by atoms with van der Waals surface area (Å²) in [5.74, 6) is 2.48. The van der Waals surface area contributed by atoms with E-state index in [4.69, 9.17) is 32.7 Å². The van der Waals surface area contributed by atoms with Gasteiger partial charge in [0.1, 0.15) is 17.3 Å². The number of halogens is 2. The minimum absolute atomic E-state index is 0.377. The minimum atomic E-state index is 0.377. The van der Waals surface area contributed by atoms with E-state index in [9.17, 15) is 0 Å². The minimum Gasteiger partial charge on any atom is -0.495 e. The van der Waals surface area contributed by atoms with E-state index in [1.807, 2.05) is 40.0 Å². The van der Waals surface area contributed by atoms with Crippen molar-refractivity contribution in [3.63, 3.8) is 0 Å². The van der Waals surface area contributed by atoms with Crippen LogP contribution in [0.5, 0.6) is 11.5 Å². The average Bonchev–Trinajstić information content (AvgIpc) is 2.80. The lowest BCUT2D eigenvalue weighted by Crippen LogP contribution is -1.99. The average molecular weight is 511 g/mol. The zero-order chi connectivity index (χ0) is 26.4. The first-order chi connectivity index (χ1) is 16.1. The largest absolute Gasteiger partial charge is 0.495 e. The van der Waals surface area contributed by atoms with Crippen LogP contribution < -0.4 is 14.8 Å². The molecule has 2 aromatic heterocycles. The summed E-state index contributed by atoms with van der Waals surface area (Å²) in [6.45, 7) is 16.7. The van der Waals surface area contributed by atoms with Crippen molar-refractivity contribution in [3.05, 3.63) is 40.1 Å². The monoisotopic (exact) mass is 509 g/mol. The molecule has 1 aromatic carbocycles. The third-order valence-corrected chi connectivity index (χ3v) is 4.67. The van der Waals surface area contributed by atoms with Crippen LogP contribution >= 0.6 is 23.2 Å². The van der Waals surface area contributed by atoms with Crippen molar-refractivity contribution in [2.24, 2.45) is 5.92 Å². The van der Waals surface area contributed by atoms with Gasteiger partial charge in [0.25, 0.3) is 0 Å². The topological polar surface area (TPSA) is 56.3 Å². The molecule has 34 heavy (non-hydrogen) atoms. The van der Waals surface area contributed by atoms with Crippen molar-refractivity contribution in [2.45, 2.75) is 61.8 Å². The Morgan fingerprint density at radius 3 is 1.82 bits per heavy atom. The van der Waals surface area contributed by atoms with Gasteiger partial charge < -0.3 is 14.8 Å². The lowest BCUT2D eigenvalue weighted by Gasteiger charge is -2.16. The first-order valence-electron chi connectivity index (χ1n) is 11.7. The van der Waals surface area contributed by atoms with Crippen LogP contribution in [-0.2, 0) is 0 Å². The highest BCUT2D eigenvalue weighted by atomic mass is 35.5. The van der Waals surface area contributed by atoms with E-state index < -0.39 is 0 Å². The van der Waals surface area contributed by atoms with Crippen molar-refractivity contribution in [1.82, 2.24) is 9.97 Å². The molecule has 0 aliphatic heterocycles. The van der Waals surface area contributed by atoms with E-state index in [0.29, 0.717) is 38.6 Å². The molecule has 0 saturated heterocycles. The van der Waals surface area contributed by atoms with E-state index in [-0.39, 0.29) is 0 Å². The lowest BCUT2D eigenvalue weighted by atomic mass is 10.1. The first kappa shape index (κ1) is 31.8. The maximum absolute atomic E-state index is 6.51. The Morgan fingerprint density at radius 1 is 0.941 bits per heavy atom. The molecular weight excluding hydrogens is 469 g/mol. The second-order valence-electron chi connectivity index (χ2n) is 7.88. The third kappa shape index (κ3) is 8.84. The van der Waals surface area contributed by atoms with Crippen molar-refractivity contribution in [2.75, 3.05) is 26.6 Å². The molecule has 0 saturated carbocycles. The molecule has 0 unspecified atom stereocenters. The van der Waals surface area contributed by atoms with Gasteiger partial charge in [0.05, 0.1) is 30.0 Å². The fraction of sp³-hybridized carbons (Fsp3) is 0.481. The van der Waals surface area contributed by atoms with E-state index >= 15 is 0 Å². The SMILES string of the molecule is CC.CC(C)C.CCC.CNc1nc(-c2c(Cl)c(OC)cc(OC)c2Cl)cc2cnc(C)cc12. The van der Waals surface area contributed by atoms with E-state index in [1.165, 1.54) is 20.6 Å². The lowest BCUT2D eigenvalue weighted by molar-refractivity contribution is 0.395. The highest BCUT2D eigenvalue weighted by molar-refractivity contribution is 6.41. The number of benzene rings is 1. The summed E-state index contributed by atoms with van der Waals surface area (Å²) in [5, 5.41) is 5.77. The number of rotatable bonds is 4. The van der Waals surface area contributed by atoms with Crippen LogP contribution in [0.25, 0.3) is 22.0 Å². The summed E-state index contributed by atoms with van der Waals surface area (Å²) in [7, 11) is 4.90. The van der Waals surface area contributed by atoms with Gasteiger partial charge in [-0.3, -0.25) is 4.98 Å². The molecule has 0 aliphatic carbocycles. The van der Waals surface area contributed by atoms with Gasteiger partial charge in [0.15, 0.2) is 0 Å². The second-order valence-corrected chi connectivity index (χ2v) is 8.63. The van der Waals surface area contributed by atoms with Gasteiger partial charge in [0, 0.05) is 41.3 Å². The van der Waals surface area contributed by atoms with Gasteiger partial charge in [0.2, 0.25) is 0 Å². The molecule has 7 heteroatoms. The van der Waals surface area contributed by atoms with Crippen LogP contribution in [0.3, 0.4) is 0 Å². The normalized spacial score (nSPS) is 9.71. The van der Waals surface area contributed by atoms with Crippen LogP contribution in [0.15, 0.2) is 24.4 Å². The number of nitrogens with one attached hydrogen (secondary N) is 1. The summed E-state index contributed by atoms with van der Waals surface area (Å²) in [4.78, 5) is 9.04. The number of nitrogens with zero attached hydrogens (tertiary/aromatic N) is 2. The van der Waals surface area contributed by atoms with Gasteiger partial charge in [-0.15, -0.1) is 0 Å². The van der Waals surface area contributed by atoms with E-state index in [1.54, 1.807) is 12.3 Å². The quantitative estimate of drug-likeness (QED) is 0.379. The Labute approximate surface area is 216 Å². The zero-order valence-electron chi connectivity index (χ0n) is 22.6. The van der Waals surface area contributed by atoms with E-state index in [0.717, 1.165) is 22.4 Å². The predicted octanol–water partition coefficient (Wildman–Crippen LogP) is 9.08. The Bertz CT molecular complexity index is 994. The molecule has 0 amide bonds. The molecule has 3 rings (SSSR count). The molecule has 0 bridgehead atoms. The first-order valence-corrected chi connectivity index (χ1v) is 12.5. The van der Waals surface area contributed by atoms with Gasteiger partial charge in [-0.1, -0.05) is 78.1 Å². The summed E-state index contributed by atoms with van der Waals surface area (Å²) >= 11 is 13.0. The molecule has 0 aliphatic rings. The van der Waals surface area contributed by atoms with Gasteiger partial charge >= 0.3 is 0 Å². The number of aromatic nitrogens is 2. The number of pyridine rings is 2. The highest BCUT2D eigenvalue weighted by Crippen LogP contribution is 2.46. The number of ether oxygens (including phenoxy) is 2.